The monoisotopic (exact) mass is 280 g/mol. The second-order valence-electron chi connectivity index (χ2n) is 6.07. The molecule has 0 heterocycles. The highest BCUT2D eigenvalue weighted by Crippen LogP contribution is 2.09. The minimum Gasteiger partial charge on any atom is -0.362 e. The van der Waals surface area contributed by atoms with E-state index in [-0.39, 0.29) is 5.41 Å². The van der Waals surface area contributed by atoms with E-state index >= 15 is 0 Å². The minimum atomic E-state index is 0.233. The van der Waals surface area contributed by atoms with Gasteiger partial charge in [-0.2, -0.15) is 0 Å². The van der Waals surface area contributed by atoms with E-state index in [9.17, 15) is 0 Å². The molecule has 0 aliphatic carbocycles. The van der Waals surface area contributed by atoms with Crippen molar-refractivity contribution in [3.63, 3.8) is 0 Å². The maximum absolute atomic E-state index is 5.31. The van der Waals surface area contributed by atoms with Gasteiger partial charge in [-0.25, -0.2) is 0 Å². The molecule has 0 radical (unpaired) electrons. The Morgan fingerprint density at radius 2 is 1.79 bits per heavy atom. The second-order valence-corrected chi connectivity index (χ2v) is 6.48. The molecule has 106 valence electrons. The van der Waals surface area contributed by atoms with E-state index in [4.69, 9.17) is 12.2 Å². The van der Waals surface area contributed by atoms with Crippen LogP contribution >= 0.6 is 12.2 Å². The molecule has 0 spiro atoms. The highest BCUT2D eigenvalue weighted by molar-refractivity contribution is 7.80. The summed E-state index contributed by atoms with van der Waals surface area (Å²) in [4.78, 5) is 1.45. The van der Waals surface area contributed by atoms with Crippen LogP contribution < -0.4 is 15.5 Å². The van der Waals surface area contributed by atoms with Gasteiger partial charge in [0.2, 0.25) is 0 Å². The molecule has 0 saturated carbocycles. The van der Waals surface area contributed by atoms with Crippen LogP contribution in [0.15, 0.2) is 30.3 Å². The summed E-state index contributed by atoms with van der Waals surface area (Å²) in [5, 5.41) is 7.27. The number of hydrogen-bond donors (Lipinski definition) is 3. The van der Waals surface area contributed by atoms with Crippen molar-refractivity contribution in [1.82, 2.24) is 10.6 Å². The Bertz CT molecular complexity index is 388. The lowest BCUT2D eigenvalue weighted by atomic mass is 9.93. The lowest BCUT2D eigenvalue weighted by Crippen LogP contribution is -3.07. The first-order chi connectivity index (χ1) is 8.89. The molecule has 0 unspecified atom stereocenters. The van der Waals surface area contributed by atoms with Crippen molar-refractivity contribution in [3.8, 4) is 0 Å². The molecular weight excluding hydrogens is 254 g/mol. The smallest absolute Gasteiger partial charge is 0.166 e. The van der Waals surface area contributed by atoms with E-state index < -0.39 is 0 Å². The average molecular weight is 280 g/mol. The van der Waals surface area contributed by atoms with E-state index in [2.05, 4.69) is 50.7 Å². The number of hydrogen-bond acceptors (Lipinski definition) is 1. The zero-order chi connectivity index (χ0) is 14.3. The third-order valence-corrected chi connectivity index (χ3v) is 3.14. The molecular formula is C15H26N3S+. The van der Waals surface area contributed by atoms with Gasteiger partial charge in [0.1, 0.15) is 0 Å². The van der Waals surface area contributed by atoms with E-state index in [1.807, 2.05) is 18.2 Å². The Kier molecular flexibility index (Phi) is 6.25. The van der Waals surface area contributed by atoms with Crippen molar-refractivity contribution in [2.75, 3.05) is 27.2 Å². The van der Waals surface area contributed by atoms with Crippen molar-refractivity contribution in [1.29, 1.82) is 0 Å². The second kappa shape index (κ2) is 7.46. The largest absolute Gasteiger partial charge is 0.362 e. The Hall–Kier alpha value is -1.13. The van der Waals surface area contributed by atoms with Gasteiger partial charge in [-0.1, -0.05) is 44.2 Å². The van der Waals surface area contributed by atoms with Crippen LogP contribution in [0, 0.1) is 5.41 Å². The lowest BCUT2D eigenvalue weighted by Gasteiger charge is -2.26. The Morgan fingerprint density at radius 1 is 1.16 bits per heavy atom. The SMILES string of the molecule is C[NH+](C)CC(C)(C)CNC(=S)NCc1ccccc1. The minimum absolute atomic E-state index is 0.233. The topological polar surface area (TPSA) is 28.5 Å². The van der Waals surface area contributed by atoms with Crippen LogP contribution in [0.1, 0.15) is 19.4 Å². The maximum Gasteiger partial charge on any atom is 0.166 e. The van der Waals surface area contributed by atoms with Crippen LogP contribution in [0.2, 0.25) is 0 Å². The number of benzene rings is 1. The zero-order valence-corrected chi connectivity index (χ0v) is 13.2. The number of rotatable bonds is 6. The number of thiocarbonyl (C=S) groups is 1. The van der Waals surface area contributed by atoms with Crippen LogP contribution in [-0.4, -0.2) is 32.3 Å². The van der Waals surface area contributed by atoms with Crippen LogP contribution in [0.25, 0.3) is 0 Å². The summed E-state index contributed by atoms with van der Waals surface area (Å²) in [6.07, 6.45) is 0. The predicted molar refractivity (Wildman–Crippen MR) is 85.3 cm³/mol. The lowest BCUT2D eigenvalue weighted by molar-refractivity contribution is -0.865. The van der Waals surface area contributed by atoms with Gasteiger partial charge in [0.25, 0.3) is 0 Å². The molecule has 3 nitrogen and oxygen atoms in total. The Labute approximate surface area is 122 Å². The van der Waals surface area contributed by atoms with E-state index in [1.165, 1.54) is 10.5 Å². The highest BCUT2D eigenvalue weighted by atomic mass is 32.1. The van der Waals surface area contributed by atoms with Crippen LogP contribution in [0.5, 0.6) is 0 Å². The fourth-order valence-electron chi connectivity index (χ4n) is 2.18. The quantitative estimate of drug-likeness (QED) is 0.674. The zero-order valence-electron chi connectivity index (χ0n) is 12.4. The summed E-state index contributed by atoms with van der Waals surface area (Å²) >= 11 is 5.31. The molecule has 0 aliphatic rings. The Morgan fingerprint density at radius 3 is 2.37 bits per heavy atom. The molecule has 0 atom stereocenters. The van der Waals surface area contributed by atoms with Gasteiger partial charge in [-0.3, -0.25) is 0 Å². The summed E-state index contributed by atoms with van der Waals surface area (Å²) in [5.74, 6) is 0. The Balaban J connectivity index is 2.28. The molecule has 19 heavy (non-hydrogen) atoms. The molecule has 3 N–H and O–H groups in total. The van der Waals surface area contributed by atoms with E-state index in [1.54, 1.807) is 0 Å². The summed E-state index contributed by atoms with van der Waals surface area (Å²) < 4.78 is 0. The molecule has 0 bridgehead atoms. The van der Waals surface area contributed by atoms with Crippen molar-refractivity contribution < 1.29 is 4.90 Å². The van der Waals surface area contributed by atoms with Crippen LogP contribution in [0.3, 0.4) is 0 Å². The number of nitrogens with one attached hydrogen (secondary N) is 3. The van der Waals surface area contributed by atoms with Crippen molar-refractivity contribution in [2.45, 2.75) is 20.4 Å². The van der Waals surface area contributed by atoms with Crippen molar-refractivity contribution in [2.24, 2.45) is 5.41 Å². The van der Waals surface area contributed by atoms with Crippen molar-refractivity contribution in [3.05, 3.63) is 35.9 Å². The van der Waals surface area contributed by atoms with Crippen molar-refractivity contribution >= 4 is 17.3 Å². The number of quaternary nitrogens is 1. The van der Waals surface area contributed by atoms with Gasteiger partial charge < -0.3 is 15.5 Å². The first kappa shape index (κ1) is 15.9. The van der Waals surface area contributed by atoms with Gasteiger partial charge in [0, 0.05) is 18.5 Å². The van der Waals surface area contributed by atoms with Gasteiger partial charge in [-0.15, -0.1) is 0 Å². The molecule has 0 aromatic heterocycles. The summed E-state index contributed by atoms with van der Waals surface area (Å²) in [6.45, 7) is 7.28. The summed E-state index contributed by atoms with van der Waals surface area (Å²) in [6, 6.07) is 10.3. The first-order valence-corrected chi connectivity index (χ1v) is 7.14. The predicted octanol–water partition coefficient (Wildman–Crippen LogP) is 0.821. The molecule has 0 saturated heterocycles. The molecule has 0 aliphatic heterocycles. The average Bonchev–Trinajstić information content (AvgIpc) is 2.34. The van der Waals surface area contributed by atoms with Crippen LogP contribution in [0.4, 0.5) is 0 Å². The van der Waals surface area contributed by atoms with Gasteiger partial charge in [-0.05, 0) is 17.8 Å². The molecule has 0 amide bonds. The van der Waals surface area contributed by atoms with Gasteiger partial charge >= 0.3 is 0 Å². The maximum atomic E-state index is 5.31. The molecule has 1 rings (SSSR count). The standard InChI is InChI=1S/C15H25N3S/c1-15(2,12-18(3)4)11-17-14(19)16-10-13-8-6-5-7-9-13/h5-9H,10-12H2,1-4H3,(H2,16,17,19)/p+1. The molecule has 4 heteroatoms. The molecule has 0 fully saturated rings. The van der Waals surface area contributed by atoms with Crippen LogP contribution in [-0.2, 0) is 6.54 Å². The fraction of sp³-hybridized carbons (Fsp3) is 0.533. The van der Waals surface area contributed by atoms with E-state index in [0.29, 0.717) is 0 Å². The third kappa shape index (κ3) is 7.13. The molecule has 1 aromatic carbocycles. The summed E-state index contributed by atoms with van der Waals surface area (Å²) in [7, 11) is 4.35. The summed E-state index contributed by atoms with van der Waals surface area (Å²) in [5.41, 5.74) is 1.47. The first-order valence-electron chi connectivity index (χ1n) is 6.74. The fourth-order valence-corrected chi connectivity index (χ4v) is 2.32. The highest BCUT2D eigenvalue weighted by Gasteiger charge is 2.21. The van der Waals surface area contributed by atoms with Gasteiger partial charge in [0.15, 0.2) is 5.11 Å². The molecule has 1 aromatic rings. The third-order valence-electron chi connectivity index (χ3n) is 2.86. The normalized spacial score (nSPS) is 11.4. The van der Waals surface area contributed by atoms with Gasteiger partial charge in [0.05, 0.1) is 20.6 Å². The van der Waals surface area contributed by atoms with E-state index in [0.717, 1.165) is 24.7 Å².